The van der Waals surface area contributed by atoms with Crippen molar-refractivity contribution in [3.05, 3.63) is 22.4 Å². The molecule has 2 atom stereocenters. The van der Waals surface area contributed by atoms with Crippen molar-refractivity contribution in [3.8, 4) is 0 Å². The number of rotatable bonds is 5. The number of hydrogen-bond acceptors (Lipinski definition) is 2. The van der Waals surface area contributed by atoms with Gasteiger partial charge in [0.1, 0.15) is 0 Å². The van der Waals surface area contributed by atoms with Crippen LogP contribution in [0.25, 0.3) is 0 Å². The molecule has 0 fully saturated rings. The van der Waals surface area contributed by atoms with Crippen LogP contribution >= 0.6 is 11.3 Å². The highest BCUT2D eigenvalue weighted by molar-refractivity contribution is 7.07. The normalized spacial score (nSPS) is 15.6. The molecule has 0 radical (unpaired) electrons. The van der Waals surface area contributed by atoms with Gasteiger partial charge in [-0.1, -0.05) is 26.7 Å². The van der Waals surface area contributed by atoms with Gasteiger partial charge in [-0.25, -0.2) is 0 Å². The predicted molar refractivity (Wildman–Crippen MR) is 59.9 cm³/mol. The van der Waals surface area contributed by atoms with Crippen LogP contribution in [0, 0.1) is 5.92 Å². The zero-order chi connectivity index (χ0) is 9.68. The lowest BCUT2D eigenvalue weighted by molar-refractivity contribution is 0.441. The van der Waals surface area contributed by atoms with E-state index in [1.54, 1.807) is 11.3 Å². The smallest absolute Gasteiger partial charge is 0.0305 e. The molecule has 1 aromatic rings. The molecule has 0 amide bonds. The molecule has 0 spiro atoms. The average molecular weight is 197 g/mol. The van der Waals surface area contributed by atoms with Gasteiger partial charge in [0.25, 0.3) is 0 Å². The molecule has 0 aromatic carbocycles. The zero-order valence-corrected chi connectivity index (χ0v) is 9.31. The van der Waals surface area contributed by atoms with Gasteiger partial charge in [0.15, 0.2) is 0 Å². The SMILES string of the molecule is CCCC(C)CC(N)c1ccsc1. The summed E-state index contributed by atoms with van der Waals surface area (Å²) >= 11 is 1.73. The van der Waals surface area contributed by atoms with Gasteiger partial charge in [0, 0.05) is 6.04 Å². The molecule has 2 N–H and O–H groups in total. The molecule has 0 aliphatic heterocycles. The van der Waals surface area contributed by atoms with Crippen molar-refractivity contribution >= 4 is 11.3 Å². The van der Waals surface area contributed by atoms with Crippen LogP contribution in [0.4, 0.5) is 0 Å². The fraction of sp³-hybridized carbons (Fsp3) is 0.636. The summed E-state index contributed by atoms with van der Waals surface area (Å²) < 4.78 is 0. The van der Waals surface area contributed by atoms with Gasteiger partial charge < -0.3 is 5.73 Å². The first-order valence-electron chi connectivity index (χ1n) is 5.01. The summed E-state index contributed by atoms with van der Waals surface area (Å²) in [5.74, 6) is 0.750. The van der Waals surface area contributed by atoms with Crippen molar-refractivity contribution < 1.29 is 0 Å². The fourth-order valence-electron chi connectivity index (χ4n) is 1.67. The first-order valence-corrected chi connectivity index (χ1v) is 5.96. The Morgan fingerprint density at radius 2 is 2.31 bits per heavy atom. The van der Waals surface area contributed by atoms with Crippen LogP contribution in [0.1, 0.15) is 44.7 Å². The van der Waals surface area contributed by atoms with E-state index in [1.807, 2.05) is 0 Å². The quantitative estimate of drug-likeness (QED) is 0.767. The van der Waals surface area contributed by atoms with E-state index in [0.29, 0.717) is 0 Å². The molecule has 74 valence electrons. The van der Waals surface area contributed by atoms with Crippen molar-refractivity contribution in [1.82, 2.24) is 0 Å². The third-order valence-corrected chi connectivity index (χ3v) is 3.11. The first-order chi connectivity index (χ1) is 6.24. The van der Waals surface area contributed by atoms with Crippen molar-refractivity contribution in [2.75, 3.05) is 0 Å². The van der Waals surface area contributed by atoms with Crippen molar-refractivity contribution in [2.45, 2.75) is 39.2 Å². The molecule has 0 aliphatic carbocycles. The molecule has 13 heavy (non-hydrogen) atoms. The Bertz CT molecular complexity index is 218. The summed E-state index contributed by atoms with van der Waals surface area (Å²) in [4.78, 5) is 0. The van der Waals surface area contributed by atoms with Crippen LogP contribution in [0.5, 0.6) is 0 Å². The molecule has 2 unspecified atom stereocenters. The lowest BCUT2D eigenvalue weighted by atomic mass is 9.95. The molecule has 2 heteroatoms. The van der Waals surface area contributed by atoms with Gasteiger partial charge in [-0.05, 0) is 34.7 Å². The molecule has 0 saturated heterocycles. The number of hydrogen-bond donors (Lipinski definition) is 1. The first kappa shape index (κ1) is 10.7. The Morgan fingerprint density at radius 1 is 1.54 bits per heavy atom. The summed E-state index contributed by atoms with van der Waals surface area (Å²) in [5, 5.41) is 4.25. The maximum atomic E-state index is 6.08. The van der Waals surface area contributed by atoms with Crippen LogP contribution in [-0.4, -0.2) is 0 Å². The molecule has 0 bridgehead atoms. The molecular weight excluding hydrogens is 178 g/mol. The van der Waals surface area contributed by atoms with Crippen LogP contribution < -0.4 is 5.73 Å². The maximum absolute atomic E-state index is 6.08. The van der Waals surface area contributed by atoms with Crippen LogP contribution in [-0.2, 0) is 0 Å². The van der Waals surface area contributed by atoms with Crippen molar-refractivity contribution in [3.63, 3.8) is 0 Å². The topological polar surface area (TPSA) is 26.0 Å². The van der Waals surface area contributed by atoms with Crippen LogP contribution in [0.15, 0.2) is 16.8 Å². The minimum absolute atomic E-state index is 0.243. The highest BCUT2D eigenvalue weighted by Crippen LogP contribution is 2.23. The third-order valence-electron chi connectivity index (χ3n) is 2.41. The maximum Gasteiger partial charge on any atom is 0.0305 e. The zero-order valence-electron chi connectivity index (χ0n) is 8.49. The third kappa shape index (κ3) is 3.49. The van der Waals surface area contributed by atoms with E-state index >= 15 is 0 Å². The van der Waals surface area contributed by atoms with Crippen molar-refractivity contribution in [1.29, 1.82) is 0 Å². The molecule has 0 saturated carbocycles. The van der Waals surface area contributed by atoms with E-state index in [1.165, 1.54) is 18.4 Å². The second kappa shape index (κ2) is 5.40. The van der Waals surface area contributed by atoms with Gasteiger partial charge >= 0.3 is 0 Å². The fourth-order valence-corrected chi connectivity index (χ4v) is 2.39. The number of thiophene rings is 1. The van der Waals surface area contributed by atoms with E-state index < -0.39 is 0 Å². The molecule has 1 nitrogen and oxygen atoms in total. The number of nitrogens with two attached hydrogens (primary N) is 1. The van der Waals surface area contributed by atoms with Gasteiger partial charge in [0.05, 0.1) is 0 Å². The lowest BCUT2D eigenvalue weighted by Gasteiger charge is -2.15. The summed E-state index contributed by atoms with van der Waals surface area (Å²) in [6.07, 6.45) is 3.67. The largest absolute Gasteiger partial charge is 0.324 e. The summed E-state index contributed by atoms with van der Waals surface area (Å²) in [6.45, 7) is 4.52. The second-order valence-electron chi connectivity index (χ2n) is 3.79. The van der Waals surface area contributed by atoms with Crippen LogP contribution in [0.3, 0.4) is 0 Å². The van der Waals surface area contributed by atoms with Crippen LogP contribution in [0.2, 0.25) is 0 Å². The lowest BCUT2D eigenvalue weighted by Crippen LogP contribution is -2.13. The van der Waals surface area contributed by atoms with Gasteiger partial charge in [-0.2, -0.15) is 11.3 Å². The Labute approximate surface area is 85.0 Å². The standard InChI is InChI=1S/C11H19NS/c1-3-4-9(2)7-11(12)10-5-6-13-8-10/h5-6,8-9,11H,3-4,7,12H2,1-2H3. The van der Waals surface area contributed by atoms with E-state index in [2.05, 4.69) is 30.7 Å². The van der Waals surface area contributed by atoms with Gasteiger partial charge in [0.2, 0.25) is 0 Å². The van der Waals surface area contributed by atoms with Gasteiger partial charge in [-0.15, -0.1) is 0 Å². The van der Waals surface area contributed by atoms with E-state index in [-0.39, 0.29) is 6.04 Å². The summed E-state index contributed by atoms with van der Waals surface area (Å²) in [6, 6.07) is 2.38. The second-order valence-corrected chi connectivity index (χ2v) is 4.57. The minimum Gasteiger partial charge on any atom is -0.324 e. The van der Waals surface area contributed by atoms with Crippen molar-refractivity contribution in [2.24, 2.45) is 11.7 Å². The Morgan fingerprint density at radius 3 is 2.85 bits per heavy atom. The van der Waals surface area contributed by atoms with E-state index in [9.17, 15) is 0 Å². The van der Waals surface area contributed by atoms with Gasteiger partial charge in [-0.3, -0.25) is 0 Å². The highest BCUT2D eigenvalue weighted by Gasteiger charge is 2.10. The molecular formula is C11H19NS. The predicted octanol–water partition coefficient (Wildman–Crippen LogP) is 3.57. The minimum atomic E-state index is 0.243. The van der Waals surface area contributed by atoms with E-state index in [0.717, 1.165) is 12.3 Å². The Hall–Kier alpha value is -0.340. The molecule has 1 rings (SSSR count). The van der Waals surface area contributed by atoms with E-state index in [4.69, 9.17) is 5.73 Å². The highest BCUT2D eigenvalue weighted by atomic mass is 32.1. The summed E-state index contributed by atoms with van der Waals surface area (Å²) in [5.41, 5.74) is 7.38. The Balaban J connectivity index is 2.37. The summed E-state index contributed by atoms with van der Waals surface area (Å²) in [7, 11) is 0. The Kier molecular flexibility index (Phi) is 4.46. The molecule has 1 heterocycles. The monoisotopic (exact) mass is 197 g/mol. The average Bonchev–Trinajstić information content (AvgIpc) is 2.55. The molecule has 0 aliphatic rings. The molecule has 1 aromatic heterocycles.